The molecule has 0 heterocycles. The third-order valence-corrected chi connectivity index (χ3v) is 3.17. The predicted octanol–water partition coefficient (Wildman–Crippen LogP) is 1.81. The molecule has 0 saturated heterocycles. The summed E-state index contributed by atoms with van der Waals surface area (Å²) >= 11 is 0. The second-order valence-electron chi connectivity index (χ2n) is 4.78. The smallest absolute Gasteiger partial charge is 0.192 e. The molecule has 4 N–H and O–H groups in total. The standard InChI is InChI=1S/C16H20N2O6/c1-20-15-7-12(3-5-13(15)19)10-23-18-24-14-6-4-11(9-22-17)8-16(14)21-2/h3-8,18-19H,9-10,17H2,1-2H3. The van der Waals surface area contributed by atoms with Crippen molar-refractivity contribution in [3.8, 4) is 23.0 Å². The van der Waals surface area contributed by atoms with Crippen molar-refractivity contribution in [2.75, 3.05) is 14.2 Å². The average molecular weight is 336 g/mol. The molecular formula is C16H20N2O6. The van der Waals surface area contributed by atoms with Crippen molar-refractivity contribution in [1.82, 2.24) is 5.64 Å². The first-order valence-electron chi connectivity index (χ1n) is 7.06. The third kappa shape index (κ3) is 4.74. The molecule has 130 valence electrons. The molecule has 8 nitrogen and oxygen atoms in total. The quantitative estimate of drug-likeness (QED) is 0.470. The zero-order valence-corrected chi connectivity index (χ0v) is 13.4. The minimum Gasteiger partial charge on any atom is -0.504 e. The Balaban J connectivity index is 1.88. The normalized spacial score (nSPS) is 10.5. The molecule has 0 radical (unpaired) electrons. The SMILES string of the molecule is COc1cc(CONOc2ccc(CON)cc2OC)ccc1O. The van der Waals surface area contributed by atoms with Gasteiger partial charge in [-0.25, -0.2) is 5.90 Å². The van der Waals surface area contributed by atoms with Crippen LogP contribution in [-0.4, -0.2) is 19.3 Å². The highest BCUT2D eigenvalue weighted by molar-refractivity contribution is 5.43. The van der Waals surface area contributed by atoms with Gasteiger partial charge in [0.2, 0.25) is 0 Å². The van der Waals surface area contributed by atoms with E-state index in [9.17, 15) is 5.11 Å². The molecule has 2 aromatic carbocycles. The molecule has 8 heteroatoms. The lowest BCUT2D eigenvalue weighted by Crippen LogP contribution is -2.19. The summed E-state index contributed by atoms with van der Waals surface area (Å²) in [6, 6.07) is 10.1. The van der Waals surface area contributed by atoms with Crippen LogP contribution in [0.25, 0.3) is 0 Å². The van der Waals surface area contributed by atoms with E-state index >= 15 is 0 Å². The van der Waals surface area contributed by atoms with E-state index in [0.717, 1.165) is 11.1 Å². The fraction of sp³-hybridized carbons (Fsp3) is 0.250. The first kappa shape index (κ1) is 17.8. The van der Waals surface area contributed by atoms with E-state index in [1.165, 1.54) is 20.3 Å². The number of aromatic hydroxyl groups is 1. The Bertz CT molecular complexity index is 665. The van der Waals surface area contributed by atoms with Crippen LogP contribution in [0.15, 0.2) is 36.4 Å². The van der Waals surface area contributed by atoms with Crippen molar-refractivity contribution in [3.63, 3.8) is 0 Å². The number of phenolic OH excluding ortho intramolecular Hbond substituents is 1. The number of nitrogens with two attached hydrogens (primary N) is 1. The van der Waals surface area contributed by atoms with Crippen LogP contribution in [0.1, 0.15) is 11.1 Å². The number of nitrogens with one attached hydrogen (secondary N) is 1. The highest BCUT2D eigenvalue weighted by Gasteiger charge is 2.07. The van der Waals surface area contributed by atoms with Gasteiger partial charge >= 0.3 is 0 Å². The third-order valence-electron chi connectivity index (χ3n) is 3.17. The molecule has 24 heavy (non-hydrogen) atoms. The van der Waals surface area contributed by atoms with E-state index in [4.69, 9.17) is 25.0 Å². The largest absolute Gasteiger partial charge is 0.504 e. The Morgan fingerprint density at radius 1 is 0.917 bits per heavy atom. The number of benzene rings is 2. The van der Waals surface area contributed by atoms with Crippen molar-refractivity contribution in [1.29, 1.82) is 0 Å². The van der Waals surface area contributed by atoms with E-state index in [0.29, 0.717) is 17.2 Å². The van der Waals surface area contributed by atoms with Crippen molar-refractivity contribution >= 4 is 0 Å². The number of methoxy groups -OCH3 is 2. The van der Waals surface area contributed by atoms with Crippen LogP contribution in [0.3, 0.4) is 0 Å². The second-order valence-corrected chi connectivity index (χ2v) is 4.78. The summed E-state index contributed by atoms with van der Waals surface area (Å²) in [6.07, 6.45) is 0. The van der Waals surface area contributed by atoms with E-state index in [1.54, 1.807) is 30.3 Å². The molecule has 2 rings (SSSR count). The summed E-state index contributed by atoms with van der Waals surface area (Å²) in [4.78, 5) is 15.1. The fourth-order valence-electron chi connectivity index (χ4n) is 1.98. The number of hydrogen-bond donors (Lipinski definition) is 3. The molecule has 0 aromatic heterocycles. The second kappa shape index (κ2) is 8.94. The molecule has 0 bridgehead atoms. The van der Waals surface area contributed by atoms with Gasteiger partial charge in [0.1, 0.15) is 0 Å². The summed E-state index contributed by atoms with van der Waals surface area (Å²) < 4.78 is 10.3. The first-order chi connectivity index (χ1) is 11.7. The zero-order valence-electron chi connectivity index (χ0n) is 13.4. The maximum Gasteiger partial charge on any atom is 0.192 e. The molecule has 0 aliphatic carbocycles. The summed E-state index contributed by atoms with van der Waals surface area (Å²) in [7, 11) is 3.01. The van der Waals surface area contributed by atoms with Gasteiger partial charge in [0.25, 0.3) is 0 Å². The van der Waals surface area contributed by atoms with Gasteiger partial charge in [-0.1, -0.05) is 12.1 Å². The Hall–Kier alpha value is -2.52. The van der Waals surface area contributed by atoms with Crippen LogP contribution in [0, 0.1) is 0 Å². The van der Waals surface area contributed by atoms with Crippen LogP contribution in [0.5, 0.6) is 23.0 Å². The average Bonchev–Trinajstić information content (AvgIpc) is 2.61. The minimum atomic E-state index is 0.0664. The van der Waals surface area contributed by atoms with Crippen molar-refractivity contribution in [2.24, 2.45) is 5.90 Å². The molecule has 0 unspecified atom stereocenters. The predicted molar refractivity (Wildman–Crippen MR) is 85.2 cm³/mol. The molecular weight excluding hydrogens is 316 g/mol. The number of hydrogen-bond acceptors (Lipinski definition) is 8. The topological polar surface area (TPSA) is 104 Å². The monoisotopic (exact) mass is 336 g/mol. The van der Waals surface area contributed by atoms with Gasteiger partial charge in [0.15, 0.2) is 23.0 Å². The fourth-order valence-corrected chi connectivity index (χ4v) is 1.98. The summed E-state index contributed by atoms with van der Waals surface area (Å²) in [5, 5.41) is 9.54. The molecule has 0 spiro atoms. The number of phenols is 1. The van der Waals surface area contributed by atoms with E-state index in [-0.39, 0.29) is 19.0 Å². The van der Waals surface area contributed by atoms with E-state index < -0.39 is 0 Å². The Kier molecular flexibility index (Phi) is 6.64. The van der Waals surface area contributed by atoms with E-state index in [1.807, 2.05) is 0 Å². The first-order valence-corrected chi connectivity index (χ1v) is 7.06. The minimum absolute atomic E-state index is 0.0664. The van der Waals surface area contributed by atoms with Crippen LogP contribution in [0.2, 0.25) is 0 Å². The van der Waals surface area contributed by atoms with Crippen molar-refractivity contribution < 1.29 is 29.1 Å². The van der Waals surface area contributed by atoms with Crippen LogP contribution < -0.4 is 25.9 Å². The Morgan fingerprint density at radius 3 is 2.29 bits per heavy atom. The summed E-state index contributed by atoms with van der Waals surface area (Å²) in [6.45, 7) is 0.474. The Labute approximate surface area is 139 Å². The number of rotatable bonds is 9. The molecule has 0 aliphatic heterocycles. The van der Waals surface area contributed by atoms with Gasteiger partial charge < -0.3 is 19.4 Å². The molecule has 0 atom stereocenters. The maximum atomic E-state index is 9.54. The van der Waals surface area contributed by atoms with E-state index in [2.05, 4.69) is 10.5 Å². The van der Waals surface area contributed by atoms with Gasteiger partial charge in [0, 0.05) is 0 Å². The zero-order chi connectivity index (χ0) is 17.4. The van der Waals surface area contributed by atoms with Gasteiger partial charge in [-0.05, 0) is 41.0 Å². The Morgan fingerprint density at radius 2 is 1.58 bits per heavy atom. The lowest BCUT2D eigenvalue weighted by molar-refractivity contribution is -0.116. The summed E-state index contributed by atoms with van der Waals surface area (Å²) in [5.74, 6) is 6.44. The molecule has 0 saturated carbocycles. The lowest BCUT2D eigenvalue weighted by atomic mass is 10.2. The summed E-state index contributed by atoms with van der Waals surface area (Å²) in [5.41, 5.74) is 4.03. The molecule has 0 aliphatic rings. The lowest BCUT2D eigenvalue weighted by Gasteiger charge is -2.12. The van der Waals surface area contributed by atoms with Gasteiger partial charge in [-0.2, -0.15) is 0 Å². The van der Waals surface area contributed by atoms with Crippen LogP contribution in [-0.2, 0) is 22.9 Å². The van der Waals surface area contributed by atoms with Crippen molar-refractivity contribution in [3.05, 3.63) is 47.5 Å². The van der Waals surface area contributed by atoms with Crippen LogP contribution >= 0.6 is 0 Å². The van der Waals surface area contributed by atoms with Gasteiger partial charge in [-0.3, -0.25) is 9.68 Å². The maximum absolute atomic E-state index is 9.54. The molecule has 2 aromatic rings. The van der Waals surface area contributed by atoms with Crippen molar-refractivity contribution in [2.45, 2.75) is 13.2 Å². The van der Waals surface area contributed by atoms with Gasteiger partial charge in [0.05, 0.1) is 27.4 Å². The highest BCUT2D eigenvalue weighted by Crippen LogP contribution is 2.28. The molecule has 0 amide bonds. The highest BCUT2D eigenvalue weighted by atomic mass is 16.9. The number of ether oxygens (including phenoxy) is 2. The van der Waals surface area contributed by atoms with Gasteiger partial charge in [-0.15, -0.1) is 0 Å². The van der Waals surface area contributed by atoms with Crippen LogP contribution in [0.4, 0.5) is 0 Å². The molecule has 0 fully saturated rings.